The summed E-state index contributed by atoms with van der Waals surface area (Å²) >= 11 is 0. The van der Waals surface area contributed by atoms with Crippen molar-refractivity contribution in [3.05, 3.63) is 29.8 Å². The Hall–Kier alpha value is -4.24. The fourth-order valence-corrected chi connectivity index (χ4v) is 5.02. The SMILES string of the molecule is CC[C@H](C)[C@H](N)C(=O)N1CCC[C@H]1C(=O)N[C@@H](Cc1ccc(O)cc1)C(=O)N[C@@H](CCCCN)C(=O)N[C@@H](CC(=O)O)C(=O)O. The van der Waals surface area contributed by atoms with Gasteiger partial charge < -0.3 is 47.6 Å². The van der Waals surface area contributed by atoms with Crippen LogP contribution in [-0.2, 0) is 35.2 Å². The number of rotatable bonds is 18. The van der Waals surface area contributed by atoms with Crippen LogP contribution in [0.4, 0.5) is 0 Å². The molecule has 1 aromatic rings. The molecule has 0 saturated carbocycles. The van der Waals surface area contributed by atoms with Crippen LogP contribution in [0.1, 0.15) is 64.4 Å². The molecule has 1 aliphatic heterocycles. The molecule has 15 nitrogen and oxygen atoms in total. The van der Waals surface area contributed by atoms with E-state index in [4.69, 9.17) is 16.6 Å². The monoisotopic (exact) mass is 634 g/mol. The molecule has 1 aliphatic rings. The van der Waals surface area contributed by atoms with Gasteiger partial charge in [0, 0.05) is 13.0 Å². The maximum absolute atomic E-state index is 13.7. The first-order chi connectivity index (χ1) is 21.3. The smallest absolute Gasteiger partial charge is 0.326 e. The Morgan fingerprint density at radius 1 is 0.956 bits per heavy atom. The van der Waals surface area contributed by atoms with Crippen LogP contribution in [0.3, 0.4) is 0 Å². The zero-order valence-corrected chi connectivity index (χ0v) is 25.7. The average molecular weight is 635 g/mol. The second kappa shape index (κ2) is 17.9. The van der Waals surface area contributed by atoms with Crippen molar-refractivity contribution < 1.29 is 44.1 Å². The first-order valence-electron chi connectivity index (χ1n) is 15.2. The predicted molar refractivity (Wildman–Crippen MR) is 163 cm³/mol. The van der Waals surface area contributed by atoms with Gasteiger partial charge in [0.25, 0.3) is 0 Å². The van der Waals surface area contributed by atoms with Crippen molar-refractivity contribution in [3.8, 4) is 5.75 Å². The number of unbranched alkanes of at least 4 members (excludes halogenated alkanes) is 1. The summed E-state index contributed by atoms with van der Waals surface area (Å²) in [7, 11) is 0. The number of phenols is 1. The fraction of sp³-hybridized carbons (Fsp3) is 0.600. The lowest BCUT2D eigenvalue weighted by Gasteiger charge is -2.30. The fourth-order valence-electron chi connectivity index (χ4n) is 5.02. The van der Waals surface area contributed by atoms with Crippen molar-refractivity contribution in [3.63, 3.8) is 0 Å². The van der Waals surface area contributed by atoms with E-state index < -0.39 is 66.3 Å². The Bertz CT molecular complexity index is 1190. The van der Waals surface area contributed by atoms with E-state index in [1.165, 1.54) is 17.0 Å². The molecule has 1 fully saturated rings. The predicted octanol–water partition coefficient (Wildman–Crippen LogP) is -0.558. The number of benzene rings is 1. The van der Waals surface area contributed by atoms with Gasteiger partial charge in [0.05, 0.1) is 12.5 Å². The number of phenolic OH excluding ortho intramolecular Hbond substituents is 1. The molecule has 15 heteroatoms. The zero-order chi connectivity index (χ0) is 33.7. The molecular weight excluding hydrogens is 588 g/mol. The van der Waals surface area contributed by atoms with Crippen LogP contribution in [0, 0.1) is 5.92 Å². The van der Waals surface area contributed by atoms with Gasteiger partial charge in [-0.15, -0.1) is 0 Å². The highest BCUT2D eigenvalue weighted by molar-refractivity contribution is 5.96. The van der Waals surface area contributed by atoms with Crippen molar-refractivity contribution in [2.24, 2.45) is 17.4 Å². The van der Waals surface area contributed by atoms with E-state index in [9.17, 15) is 39.0 Å². The number of amides is 4. The summed E-state index contributed by atoms with van der Waals surface area (Å²) in [6.45, 7) is 4.40. The van der Waals surface area contributed by atoms with Gasteiger partial charge in [-0.3, -0.25) is 24.0 Å². The zero-order valence-electron chi connectivity index (χ0n) is 25.7. The number of nitrogens with one attached hydrogen (secondary N) is 3. The number of hydrogen-bond donors (Lipinski definition) is 8. The summed E-state index contributed by atoms with van der Waals surface area (Å²) < 4.78 is 0. The molecule has 0 bridgehead atoms. The quantitative estimate of drug-likeness (QED) is 0.0950. The molecule has 250 valence electrons. The van der Waals surface area contributed by atoms with Crippen LogP contribution in [-0.4, -0.2) is 99.1 Å². The number of carbonyl (C=O) groups is 6. The van der Waals surface area contributed by atoms with E-state index in [0.717, 1.165) is 0 Å². The van der Waals surface area contributed by atoms with E-state index in [-0.39, 0.29) is 30.4 Å². The summed E-state index contributed by atoms with van der Waals surface area (Å²) in [4.78, 5) is 77.6. The number of carboxylic acid groups (broad SMARTS) is 2. The molecule has 0 aliphatic carbocycles. The average Bonchev–Trinajstić information content (AvgIpc) is 3.49. The number of aliphatic carboxylic acids is 2. The van der Waals surface area contributed by atoms with Crippen molar-refractivity contribution in [1.82, 2.24) is 20.9 Å². The molecule has 6 atom stereocenters. The van der Waals surface area contributed by atoms with Crippen LogP contribution >= 0.6 is 0 Å². The molecule has 1 saturated heterocycles. The third-order valence-electron chi connectivity index (χ3n) is 7.96. The van der Waals surface area contributed by atoms with Crippen molar-refractivity contribution >= 4 is 35.6 Å². The first-order valence-corrected chi connectivity index (χ1v) is 15.2. The van der Waals surface area contributed by atoms with Gasteiger partial charge in [0.1, 0.15) is 29.9 Å². The van der Waals surface area contributed by atoms with Gasteiger partial charge in [0.15, 0.2) is 0 Å². The highest BCUT2D eigenvalue weighted by atomic mass is 16.4. The van der Waals surface area contributed by atoms with Gasteiger partial charge in [-0.2, -0.15) is 0 Å². The van der Waals surface area contributed by atoms with Gasteiger partial charge in [-0.05, 0) is 62.3 Å². The minimum atomic E-state index is -1.73. The third-order valence-corrected chi connectivity index (χ3v) is 7.96. The lowest BCUT2D eigenvalue weighted by molar-refractivity contribution is -0.147. The molecule has 0 radical (unpaired) electrons. The Morgan fingerprint density at radius 2 is 1.58 bits per heavy atom. The minimum Gasteiger partial charge on any atom is -0.508 e. The summed E-state index contributed by atoms with van der Waals surface area (Å²) in [6, 6.07) is 0.0688. The highest BCUT2D eigenvalue weighted by Gasteiger charge is 2.39. The molecule has 1 heterocycles. The largest absolute Gasteiger partial charge is 0.508 e. The van der Waals surface area contributed by atoms with Gasteiger partial charge >= 0.3 is 11.9 Å². The van der Waals surface area contributed by atoms with Gasteiger partial charge in [-0.1, -0.05) is 32.4 Å². The minimum absolute atomic E-state index is 0.00692. The molecule has 2 rings (SSSR count). The second-order valence-electron chi connectivity index (χ2n) is 11.4. The number of carbonyl (C=O) groups excluding carboxylic acids is 4. The van der Waals surface area contributed by atoms with Crippen LogP contribution in [0.5, 0.6) is 5.75 Å². The van der Waals surface area contributed by atoms with Crippen molar-refractivity contribution in [1.29, 1.82) is 0 Å². The van der Waals surface area contributed by atoms with Crippen LogP contribution in [0.25, 0.3) is 0 Å². The van der Waals surface area contributed by atoms with Crippen molar-refractivity contribution in [2.75, 3.05) is 13.1 Å². The summed E-state index contributed by atoms with van der Waals surface area (Å²) in [5.41, 5.74) is 12.3. The Kier molecular flexibility index (Phi) is 14.7. The number of nitrogens with zero attached hydrogens (tertiary/aromatic N) is 1. The molecule has 10 N–H and O–H groups in total. The highest BCUT2D eigenvalue weighted by Crippen LogP contribution is 2.21. The number of carboxylic acids is 2. The van der Waals surface area contributed by atoms with E-state index >= 15 is 0 Å². The van der Waals surface area contributed by atoms with E-state index in [1.807, 2.05) is 13.8 Å². The molecule has 0 aromatic heterocycles. The molecule has 0 spiro atoms. The summed E-state index contributed by atoms with van der Waals surface area (Å²) in [6.07, 6.45) is 1.63. The van der Waals surface area contributed by atoms with Crippen LogP contribution in [0.15, 0.2) is 24.3 Å². The topological polar surface area (TPSA) is 254 Å². The summed E-state index contributed by atoms with van der Waals surface area (Å²) in [5.74, 6) is -5.70. The number of nitrogens with two attached hydrogens (primary N) is 2. The van der Waals surface area contributed by atoms with E-state index in [1.54, 1.807) is 12.1 Å². The summed E-state index contributed by atoms with van der Waals surface area (Å²) in [5, 5.41) is 35.6. The second-order valence-corrected chi connectivity index (χ2v) is 11.4. The number of likely N-dealkylation sites (tertiary alicyclic amines) is 1. The van der Waals surface area contributed by atoms with E-state index in [0.29, 0.717) is 50.8 Å². The Morgan fingerprint density at radius 3 is 2.16 bits per heavy atom. The molecule has 4 amide bonds. The van der Waals surface area contributed by atoms with Gasteiger partial charge in [-0.25, -0.2) is 4.79 Å². The lowest BCUT2D eigenvalue weighted by Crippen LogP contribution is -2.59. The number of hydrogen-bond acceptors (Lipinski definition) is 9. The Labute approximate surface area is 262 Å². The third kappa shape index (κ3) is 11.3. The first kappa shape index (κ1) is 36.9. The van der Waals surface area contributed by atoms with Crippen LogP contribution in [0.2, 0.25) is 0 Å². The molecule has 0 unspecified atom stereocenters. The maximum Gasteiger partial charge on any atom is 0.326 e. The Balaban J connectivity index is 2.31. The molecule has 1 aromatic carbocycles. The van der Waals surface area contributed by atoms with E-state index in [2.05, 4.69) is 16.0 Å². The van der Waals surface area contributed by atoms with Gasteiger partial charge in [0.2, 0.25) is 23.6 Å². The molecule has 45 heavy (non-hydrogen) atoms. The number of aromatic hydroxyl groups is 1. The maximum atomic E-state index is 13.7. The molecular formula is C30H46N6O9. The van der Waals surface area contributed by atoms with Crippen LogP contribution < -0.4 is 27.4 Å². The lowest BCUT2D eigenvalue weighted by atomic mass is 9.98. The standard InChI is InChI=1S/C30H46N6O9/c1-3-17(2)25(32)29(43)36-14-6-8-23(36)28(42)34-21(15-18-9-11-19(37)12-10-18)27(41)33-20(7-4-5-13-31)26(40)35-22(30(44)45)16-24(38)39/h9-12,17,20-23,25,37H,3-8,13-16,31-32H2,1-2H3,(H,33,41)(H,34,42)(H,35,40)(H,38,39)(H,44,45)/t17-,20-,21-,22-,23-,25-/m0/s1. The normalized spacial score (nSPS) is 17.8. The van der Waals surface area contributed by atoms with Crippen molar-refractivity contribution in [2.45, 2.75) is 95.4 Å².